The monoisotopic (exact) mass is 506 g/mol. The van der Waals surface area contributed by atoms with Crippen molar-refractivity contribution in [3.63, 3.8) is 0 Å². The van der Waals surface area contributed by atoms with Crippen LogP contribution in [0.4, 0.5) is 0 Å². The molecule has 0 fully saturated rings. The minimum Gasteiger partial charge on any atom is -0.491 e. The zero-order valence-corrected chi connectivity index (χ0v) is 20.2. The SMILES string of the molecule is OCCOCCOCCOc1ccc(-c2sc(-c3scc4c3OCCO4)c3c2OCCO3)cc1. The van der Waals surface area contributed by atoms with Crippen molar-refractivity contribution in [2.24, 2.45) is 0 Å². The minimum absolute atomic E-state index is 0.0211. The van der Waals surface area contributed by atoms with Gasteiger partial charge in [0, 0.05) is 5.38 Å². The zero-order chi connectivity index (χ0) is 23.2. The normalized spacial score (nSPS) is 14.3. The number of hydrogen-bond acceptors (Lipinski definition) is 10. The summed E-state index contributed by atoms with van der Waals surface area (Å²) in [6.07, 6.45) is 0. The third-order valence-electron chi connectivity index (χ3n) is 5.13. The number of aliphatic hydroxyl groups is 1. The van der Waals surface area contributed by atoms with Crippen molar-refractivity contribution in [2.45, 2.75) is 0 Å². The molecule has 2 aliphatic heterocycles. The number of aliphatic hydroxyl groups excluding tert-OH is 1. The predicted molar refractivity (Wildman–Crippen MR) is 129 cm³/mol. The van der Waals surface area contributed by atoms with Crippen LogP contribution in [0.1, 0.15) is 0 Å². The molecule has 0 unspecified atom stereocenters. The molecule has 0 bridgehead atoms. The van der Waals surface area contributed by atoms with Crippen molar-refractivity contribution in [3.05, 3.63) is 29.6 Å². The van der Waals surface area contributed by atoms with Crippen molar-refractivity contribution < 1.29 is 38.3 Å². The Bertz CT molecular complexity index is 1080. The molecule has 4 heterocycles. The molecule has 1 aromatic carbocycles. The summed E-state index contributed by atoms with van der Waals surface area (Å²) >= 11 is 3.23. The van der Waals surface area contributed by atoms with E-state index >= 15 is 0 Å². The van der Waals surface area contributed by atoms with Crippen LogP contribution in [0.15, 0.2) is 29.6 Å². The maximum atomic E-state index is 8.66. The van der Waals surface area contributed by atoms with Gasteiger partial charge < -0.3 is 38.3 Å². The number of thiophene rings is 2. The average Bonchev–Trinajstić information content (AvgIpc) is 3.48. The Hall–Kier alpha value is -2.50. The molecule has 2 aliphatic rings. The summed E-state index contributed by atoms with van der Waals surface area (Å²) in [5.41, 5.74) is 1.03. The van der Waals surface area contributed by atoms with Crippen molar-refractivity contribution >= 4 is 22.7 Å². The highest BCUT2D eigenvalue weighted by molar-refractivity contribution is 7.24. The van der Waals surface area contributed by atoms with Crippen LogP contribution < -0.4 is 23.7 Å². The number of ether oxygens (including phenoxy) is 7. The lowest BCUT2D eigenvalue weighted by Crippen LogP contribution is -2.15. The van der Waals surface area contributed by atoms with E-state index in [0.29, 0.717) is 59.5 Å². The molecule has 182 valence electrons. The third kappa shape index (κ3) is 5.11. The topological polar surface area (TPSA) is 84.8 Å². The van der Waals surface area contributed by atoms with Gasteiger partial charge in [0.25, 0.3) is 0 Å². The highest BCUT2D eigenvalue weighted by Gasteiger charge is 2.30. The van der Waals surface area contributed by atoms with E-state index in [2.05, 4.69) is 0 Å². The van der Waals surface area contributed by atoms with Gasteiger partial charge in [0.15, 0.2) is 23.0 Å². The van der Waals surface area contributed by atoms with E-state index in [1.165, 1.54) is 0 Å². The first-order valence-corrected chi connectivity index (χ1v) is 12.8. The maximum Gasteiger partial charge on any atom is 0.181 e. The Morgan fingerprint density at radius 1 is 0.706 bits per heavy atom. The lowest BCUT2D eigenvalue weighted by molar-refractivity contribution is 0.0247. The first kappa shape index (κ1) is 23.3. The van der Waals surface area contributed by atoms with Gasteiger partial charge in [0.2, 0.25) is 0 Å². The van der Waals surface area contributed by atoms with Gasteiger partial charge >= 0.3 is 0 Å². The second kappa shape index (κ2) is 11.3. The summed E-state index contributed by atoms with van der Waals surface area (Å²) in [6.45, 7) is 4.34. The predicted octanol–water partition coefficient (Wildman–Crippen LogP) is 4.09. The van der Waals surface area contributed by atoms with Gasteiger partial charge in [-0.2, -0.15) is 0 Å². The molecule has 0 saturated heterocycles. The molecule has 5 rings (SSSR count). The summed E-state index contributed by atoms with van der Waals surface area (Å²) in [5.74, 6) is 3.88. The number of hydrogen-bond donors (Lipinski definition) is 1. The van der Waals surface area contributed by atoms with Gasteiger partial charge in [-0.25, -0.2) is 0 Å². The summed E-state index contributed by atoms with van der Waals surface area (Å²) < 4.78 is 40.1. The number of fused-ring (bicyclic) bond motifs is 2. The van der Waals surface area contributed by atoms with Crippen LogP contribution in [0.25, 0.3) is 20.2 Å². The second-order valence-electron chi connectivity index (χ2n) is 7.39. The second-order valence-corrected chi connectivity index (χ2v) is 9.29. The van der Waals surface area contributed by atoms with E-state index in [1.807, 2.05) is 29.6 Å². The molecule has 0 amide bonds. The lowest BCUT2D eigenvalue weighted by Gasteiger charge is -2.18. The van der Waals surface area contributed by atoms with Gasteiger partial charge in [-0.15, -0.1) is 22.7 Å². The average molecular weight is 507 g/mol. The largest absolute Gasteiger partial charge is 0.491 e. The van der Waals surface area contributed by atoms with Crippen LogP contribution in [0.2, 0.25) is 0 Å². The molecule has 10 heteroatoms. The maximum absolute atomic E-state index is 8.66. The molecule has 1 N–H and O–H groups in total. The molecule has 0 radical (unpaired) electrons. The smallest absolute Gasteiger partial charge is 0.181 e. The Kier molecular flexibility index (Phi) is 7.72. The standard InChI is InChI=1S/C24H26O8S2/c25-5-6-26-7-8-27-9-10-28-17-3-1-16(2-4-17)22-20-21(32-14-13-31-20)24(34-22)23-19-18(15-33-23)29-11-12-30-19/h1-4,15,25H,5-14H2. The van der Waals surface area contributed by atoms with Gasteiger partial charge in [-0.05, 0) is 29.8 Å². The summed E-state index contributed by atoms with van der Waals surface area (Å²) in [6, 6.07) is 7.94. The van der Waals surface area contributed by atoms with Crippen LogP contribution in [-0.4, -0.2) is 71.2 Å². The lowest BCUT2D eigenvalue weighted by atomic mass is 10.1. The van der Waals surface area contributed by atoms with E-state index in [4.69, 9.17) is 38.3 Å². The van der Waals surface area contributed by atoms with E-state index in [0.717, 1.165) is 48.9 Å². The van der Waals surface area contributed by atoms with Crippen LogP contribution in [0.5, 0.6) is 28.7 Å². The number of rotatable bonds is 11. The highest BCUT2D eigenvalue weighted by atomic mass is 32.1. The third-order valence-corrected chi connectivity index (χ3v) is 7.43. The Balaban J connectivity index is 1.27. The highest BCUT2D eigenvalue weighted by Crippen LogP contribution is 2.58. The zero-order valence-electron chi connectivity index (χ0n) is 18.6. The van der Waals surface area contributed by atoms with Crippen molar-refractivity contribution in [3.8, 4) is 48.9 Å². The summed E-state index contributed by atoms with van der Waals surface area (Å²) in [5, 5.41) is 10.6. The van der Waals surface area contributed by atoms with Crippen molar-refractivity contribution in [2.75, 3.05) is 66.1 Å². The van der Waals surface area contributed by atoms with Crippen LogP contribution >= 0.6 is 22.7 Å². The van der Waals surface area contributed by atoms with Gasteiger partial charge in [0.1, 0.15) is 38.8 Å². The van der Waals surface area contributed by atoms with E-state index in [9.17, 15) is 0 Å². The fourth-order valence-electron chi connectivity index (χ4n) is 3.62. The molecular weight excluding hydrogens is 480 g/mol. The van der Waals surface area contributed by atoms with Crippen molar-refractivity contribution in [1.29, 1.82) is 0 Å². The van der Waals surface area contributed by atoms with Crippen molar-refractivity contribution in [1.82, 2.24) is 0 Å². The molecule has 2 aromatic heterocycles. The van der Waals surface area contributed by atoms with Crippen LogP contribution in [-0.2, 0) is 9.47 Å². The molecule has 3 aromatic rings. The fraction of sp³-hybridized carbons (Fsp3) is 0.417. The molecule has 0 saturated carbocycles. The summed E-state index contributed by atoms with van der Waals surface area (Å²) in [4.78, 5) is 3.03. The Morgan fingerprint density at radius 2 is 1.35 bits per heavy atom. The molecule has 0 atom stereocenters. The fourth-order valence-corrected chi connectivity index (χ4v) is 5.88. The van der Waals surface area contributed by atoms with Gasteiger partial charge in [-0.1, -0.05) is 0 Å². The molecule has 0 spiro atoms. The molecular formula is C24H26O8S2. The quantitative estimate of drug-likeness (QED) is 0.390. The van der Waals surface area contributed by atoms with Crippen LogP contribution in [0, 0.1) is 0 Å². The van der Waals surface area contributed by atoms with E-state index in [1.54, 1.807) is 22.7 Å². The summed E-state index contributed by atoms with van der Waals surface area (Å²) in [7, 11) is 0. The van der Waals surface area contributed by atoms with E-state index in [-0.39, 0.29) is 6.61 Å². The minimum atomic E-state index is 0.0211. The van der Waals surface area contributed by atoms with Gasteiger partial charge in [0.05, 0.1) is 47.7 Å². The molecule has 8 nitrogen and oxygen atoms in total. The molecule has 0 aliphatic carbocycles. The van der Waals surface area contributed by atoms with Gasteiger partial charge in [-0.3, -0.25) is 0 Å². The first-order valence-electron chi connectivity index (χ1n) is 11.1. The Labute approximate surface area is 205 Å². The van der Waals surface area contributed by atoms with E-state index < -0.39 is 0 Å². The number of benzene rings is 1. The first-order chi connectivity index (χ1) is 16.8. The molecule has 34 heavy (non-hydrogen) atoms. The van der Waals surface area contributed by atoms with Crippen LogP contribution in [0.3, 0.4) is 0 Å². The Morgan fingerprint density at radius 3 is 2.12 bits per heavy atom.